The molecule has 1 aromatic carbocycles. The van der Waals surface area contributed by atoms with Gasteiger partial charge >= 0.3 is 0 Å². The van der Waals surface area contributed by atoms with Gasteiger partial charge in [0.15, 0.2) is 0 Å². The molecule has 2 rings (SSSR count). The Balaban J connectivity index is 2.02. The number of benzene rings is 1. The third kappa shape index (κ3) is 4.02. The molecule has 1 heterocycles. The molecule has 1 aliphatic rings. The summed E-state index contributed by atoms with van der Waals surface area (Å²) >= 11 is 3.37. The van der Waals surface area contributed by atoms with Crippen LogP contribution in [0.4, 0.5) is 0 Å². The first-order chi connectivity index (χ1) is 8.99. The number of ether oxygens (including phenoxy) is 1. The molecule has 1 saturated heterocycles. The lowest BCUT2D eigenvalue weighted by Crippen LogP contribution is -2.33. The van der Waals surface area contributed by atoms with Crippen LogP contribution in [0.15, 0.2) is 27.6 Å². The van der Waals surface area contributed by atoms with Crippen LogP contribution in [0.2, 0.25) is 0 Å². The molecule has 1 unspecified atom stereocenters. The molecule has 0 aromatic heterocycles. The summed E-state index contributed by atoms with van der Waals surface area (Å²) in [5.74, 6) is 0.278. The van der Waals surface area contributed by atoms with E-state index in [1.54, 1.807) is 18.2 Å². The van der Waals surface area contributed by atoms with Crippen LogP contribution in [-0.4, -0.2) is 28.2 Å². The van der Waals surface area contributed by atoms with Gasteiger partial charge in [0, 0.05) is 17.6 Å². The molecule has 6 heteroatoms. The Morgan fingerprint density at radius 2 is 2.26 bits per heavy atom. The third-order valence-electron chi connectivity index (χ3n) is 3.26. The average molecular weight is 348 g/mol. The summed E-state index contributed by atoms with van der Waals surface area (Å²) in [6.45, 7) is 3.74. The summed E-state index contributed by atoms with van der Waals surface area (Å²) < 4.78 is 33.3. The molecular formula is C13H18BrNO3S. The fourth-order valence-corrected chi connectivity index (χ4v) is 3.51. The number of hydrogen-bond acceptors (Lipinski definition) is 3. The molecule has 0 bridgehead atoms. The molecule has 106 valence electrons. The van der Waals surface area contributed by atoms with Crippen molar-refractivity contribution in [1.29, 1.82) is 0 Å². The van der Waals surface area contributed by atoms with Gasteiger partial charge < -0.3 is 4.74 Å². The van der Waals surface area contributed by atoms with E-state index in [0.29, 0.717) is 18.0 Å². The zero-order valence-electron chi connectivity index (χ0n) is 10.9. The van der Waals surface area contributed by atoms with Crippen molar-refractivity contribution in [1.82, 2.24) is 4.72 Å². The van der Waals surface area contributed by atoms with Crippen molar-refractivity contribution in [3.05, 3.63) is 28.2 Å². The highest BCUT2D eigenvalue weighted by Crippen LogP contribution is 2.20. The van der Waals surface area contributed by atoms with E-state index in [2.05, 4.69) is 20.7 Å². The molecule has 1 aliphatic heterocycles. The summed E-state index contributed by atoms with van der Waals surface area (Å²) in [6, 6.07) is 5.04. The molecule has 1 atom stereocenters. The van der Waals surface area contributed by atoms with Gasteiger partial charge in [-0.2, -0.15) is 0 Å². The van der Waals surface area contributed by atoms with Crippen LogP contribution < -0.4 is 4.72 Å². The second kappa shape index (κ2) is 6.35. The number of rotatable bonds is 4. The first-order valence-electron chi connectivity index (χ1n) is 6.32. The second-order valence-electron chi connectivity index (χ2n) is 4.85. The van der Waals surface area contributed by atoms with Crippen molar-refractivity contribution in [2.24, 2.45) is 5.92 Å². The van der Waals surface area contributed by atoms with Crippen molar-refractivity contribution >= 4 is 26.0 Å². The van der Waals surface area contributed by atoms with Crippen molar-refractivity contribution in [3.8, 4) is 0 Å². The maximum Gasteiger partial charge on any atom is 0.240 e. The van der Waals surface area contributed by atoms with Crippen LogP contribution in [0.5, 0.6) is 0 Å². The number of sulfonamides is 1. The predicted molar refractivity (Wildman–Crippen MR) is 77.6 cm³/mol. The molecule has 1 N–H and O–H groups in total. The number of hydrogen-bond donors (Lipinski definition) is 1. The Labute approximate surface area is 122 Å². The summed E-state index contributed by atoms with van der Waals surface area (Å²) in [5, 5.41) is 0. The van der Waals surface area contributed by atoms with Gasteiger partial charge in [0.05, 0.1) is 11.5 Å². The minimum absolute atomic E-state index is 0.278. The molecular weight excluding hydrogens is 330 g/mol. The van der Waals surface area contributed by atoms with E-state index < -0.39 is 10.0 Å². The van der Waals surface area contributed by atoms with Gasteiger partial charge in [0.1, 0.15) is 0 Å². The topological polar surface area (TPSA) is 55.4 Å². The maximum absolute atomic E-state index is 12.2. The standard InChI is InChI=1S/C13H18BrNO3S/c1-10-7-12(4-5-13(10)14)19(16,17)15-8-11-3-2-6-18-9-11/h4-5,7,11,15H,2-3,6,8-9H2,1H3. The smallest absolute Gasteiger partial charge is 0.240 e. The number of aryl methyl sites for hydroxylation is 1. The molecule has 19 heavy (non-hydrogen) atoms. The Bertz CT molecular complexity index is 539. The van der Waals surface area contributed by atoms with Crippen LogP contribution in [0.1, 0.15) is 18.4 Å². The van der Waals surface area contributed by atoms with Crippen LogP contribution in [0.25, 0.3) is 0 Å². The Morgan fingerprint density at radius 3 is 2.89 bits per heavy atom. The molecule has 1 aromatic rings. The Hall–Kier alpha value is -0.430. The van der Waals surface area contributed by atoms with E-state index in [9.17, 15) is 8.42 Å². The SMILES string of the molecule is Cc1cc(S(=O)(=O)NCC2CCCOC2)ccc1Br. The second-order valence-corrected chi connectivity index (χ2v) is 7.47. The van der Waals surface area contributed by atoms with E-state index in [0.717, 1.165) is 29.5 Å². The van der Waals surface area contributed by atoms with Crippen LogP contribution in [-0.2, 0) is 14.8 Å². The van der Waals surface area contributed by atoms with Gasteiger partial charge in [0.2, 0.25) is 10.0 Å². The van der Waals surface area contributed by atoms with Crippen molar-refractivity contribution in [2.45, 2.75) is 24.7 Å². The third-order valence-corrected chi connectivity index (χ3v) is 5.57. The van der Waals surface area contributed by atoms with Crippen molar-refractivity contribution < 1.29 is 13.2 Å². The minimum Gasteiger partial charge on any atom is -0.381 e. The molecule has 0 amide bonds. The molecule has 0 spiro atoms. The van der Waals surface area contributed by atoms with E-state index in [-0.39, 0.29) is 5.92 Å². The van der Waals surface area contributed by atoms with Crippen molar-refractivity contribution in [3.63, 3.8) is 0 Å². The summed E-state index contributed by atoms with van der Waals surface area (Å²) in [4.78, 5) is 0.310. The minimum atomic E-state index is -3.43. The first kappa shape index (κ1) is 15.0. The van der Waals surface area contributed by atoms with Crippen LogP contribution >= 0.6 is 15.9 Å². The van der Waals surface area contributed by atoms with Gasteiger partial charge in [-0.05, 0) is 49.4 Å². The number of nitrogens with one attached hydrogen (secondary N) is 1. The van der Waals surface area contributed by atoms with E-state index in [4.69, 9.17) is 4.74 Å². The quantitative estimate of drug-likeness (QED) is 0.910. The van der Waals surface area contributed by atoms with E-state index in [1.165, 1.54) is 0 Å². The van der Waals surface area contributed by atoms with Gasteiger partial charge in [-0.1, -0.05) is 15.9 Å². The fraction of sp³-hybridized carbons (Fsp3) is 0.538. The summed E-state index contributed by atoms with van der Waals surface area (Å²) in [5.41, 5.74) is 0.906. The molecule has 0 radical (unpaired) electrons. The zero-order chi connectivity index (χ0) is 13.9. The highest BCUT2D eigenvalue weighted by molar-refractivity contribution is 9.10. The lowest BCUT2D eigenvalue weighted by atomic mass is 10.0. The molecule has 0 aliphatic carbocycles. The monoisotopic (exact) mass is 347 g/mol. The fourth-order valence-electron chi connectivity index (χ4n) is 2.06. The lowest BCUT2D eigenvalue weighted by Gasteiger charge is -2.22. The van der Waals surface area contributed by atoms with E-state index in [1.807, 2.05) is 6.92 Å². The van der Waals surface area contributed by atoms with Gasteiger partial charge in [-0.3, -0.25) is 0 Å². The molecule has 1 fully saturated rings. The lowest BCUT2D eigenvalue weighted by molar-refractivity contribution is 0.0568. The van der Waals surface area contributed by atoms with Crippen LogP contribution in [0, 0.1) is 12.8 Å². The van der Waals surface area contributed by atoms with Gasteiger partial charge in [-0.15, -0.1) is 0 Å². The highest BCUT2D eigenvalue weighted by Gasteiger charge is 2.19. The van der Waals surface area contributed by atoms with E-state index >= 15 is 0 Å². The summed E-state index contributed by atoms with van der Waals surface area (Å²) in [7, 11) is -3.43. The normalized spacial score (nSPS) is 20.4. The highest BCUT2D eigenvalue weighted by atomic mass is 79.9. The first-order valence-corrected chi connectivity index (χ1v) is 8.60. The maximum atomic E-state index is 12.2. The zero-order valence-corrected chi connectivity index (χ0v) is 13.3. The molecule has 4 nitrogen and oxygen atoms in total. The van der Waals surface area contributed by atoms with Gasteiger partial charge in [-0.25, -0.2) is 13.1 Å². The Morgan fingerprint density at radius 1 is 1.47 bits per heavy atom. The largest absolute Gasteiger partial charge is 0.381 e. The average Bonchev–Trinajstić information content (AvgIpc) is 2.41. The Kier molecular flexibility index (Phi) is 5.00. The van der Waals surface area contributed by atoms with Gasteiger partial charge in [0.25, 0.3) is 0 Å². The predicted octanol–water partition coefficient (Wildman–Crippen LogP) is 2.46. The number of halogens is 1. The van der Waals surface area contributed by atoms with Crippen LogP contribution in [0.3, 0.4) is 0 Å². The summed E-state index contributed by atoms with van der Waals surface area (Å²) in [6.07, 6.45) is 2.02. The van der Waals surface area contributed by atoms with Crippen molar-refractivity contribution in [2.75, 3.05) is 19.8 Å². The molecule has 0 saturated carbocycles.